The van der Waals surface area contributed by atoms with Gasteiger partial charge < -0.3 is 15.3 Å². The van der Waals surface area contributed by atoms with Gasteiger partial charge in [0.2, 0.25) is 5.91 Å². The van der Waals surface area contributed by atoms with Crippen LogP contribution in [0.3, 0.4) is 0 Å². The third kappa shape index (κ3) is 8.99. The van der Waals surface area contributed by atoms with Gasteiger partial charge in [0, 0.05) is 18.8 Å². The Kier molecular flexibility index (Phi) is 10.6. The van der Waals surface area contributed by atoms with Crippen molar-refractivity contribution in [1.29, 1.82) is 0 Å². The van der Waals surface area contributed by atoms with Crippen LogP contribution in [-0.2, 0) is 11.3 Å². The highest BCUT2D eigenvalue weighted by molar-refractivity contribution is 5.85. The van der Waals surface area contributed by atoms with Crippen molar-refractivity contribution in [2.75, 3.05) is 19.6 Å². The smallest absolute Gasteiger partial charge is 0.356 e. The lowest BCUT2D eigenvalue weighted by Gasteiger charge is -2.26. The first-order valence-corrected chi connectivity index (χ1v) is 9.74. The Labute approximate surface area is 156 Å². The van der Waals surface area contributed by atoms with E-state index in [4.69, 9.17) is 5.11 Å². The summed E-state index contributed by atoms with van der Waals surface area (Å²) in [6.45, 7) is 9.42. The molecule has 1 aromatic heterocycles. The first-order chi connectivity index (χ1) is 12.5. The molecule has 1 rings (SSSR count). The van der Waals surface area contributed by atoms with Crippen LogP contribution in [0, 0.1) is 0 Å². The SMILES string of the molecule is CCCCCN(CCCCC)CC(C)NC(=O)Cn1ccc(C(=O)O)n1. The predicted octanol–water partition coefficient (Wildman–Crippen LogP) is 2.77. The van der Waals surface area contributed by atoms with Gasteiger partial charge in [-0.1, -0.05) is 39.5 Å². The van der Waals surface area contributed by atoms with Crippen LogP contribution in [0.4, 0.5) is 0 Å². The molecule has 1 atom stereocenters. The van der Waals surface area contributed by atoms with E-state index in [1.807, 2.05) is 6.92 Å². The van der Waals surface area contributed by atoms with Crippen LogP contribution in [-0.4, -0.2) is 57.3 Å². The number of nitrogens with zero attached hydrogens (tertiary/aromatic N) is 3. The minimum Gasteiger partial charge on any atom is -0.476 e. The highest BCUT2D eigenvalue weighted by Gasteiger charge is 2.14. The Balaban J connectivity index is 2.43. The van der Waals surface area contributed by atoms with Crippen molar-refractivity contribution in [3.63, 3.8) is 0 Å². The number of aromatic carboxylic acids is 1. The van der Waals surface area contributed by atoms with E-state index < -0.39 is 5.97 Å². The molecule has 0 aromatic carbocycles. The average Bonchev–Trinajstić information content (AvgIpc) is 3.03. The zero-order valence-electron chi connectivity index (χ0n) is 16.4. The Morgan fingerprint density at radius 1 is 1.19 bits per heavy atom. The Bertz CT molecular complexity index is 535. The van der Waals surface area contributed by atoms with Crippen molar-refractivity contribution in [3.05, 3.63) is 18.0 Å². The number of unbranched alkanes of at least 4 members (excludes halogenated alkanes) is 4. The van der Waals surface area contributed by atoms with Gasteiger partial charge in [-0.15, -0.1) is 0 Å². The van der Waals surface area contributed by atoms with Crippen molar-refractivity contribution < 1.29 is 14.7 Å². The van der Waals surface area contributed by atoms with Gasteiger partial charge in [-0.25, -0.2) is 4.79 Å². The lowest BCUT2D eigenvalue weighted by Crippen LogP contribution is -2.43. The molecule has 2 N–H and O–H groups in total. The molecule has 0 aliphatic heterocycles. The summed E-state index contributed by atoms with van der Waals surface area (Å²) in [6.07, 6.45) is 8.76. The van der Waals surface area contributed by atoms with Crippen LogP contribution in [0.2, 0.25) is 0 Å². The van der Waals surface area contributed by atoms with Crippen molar-refractivity contribution in [3.8, 4) is 0 Å². The Morgan fingerprint density at radius 2 is 1.81 bits per heavy atom. The summed E-state index contributed by atoms with van der Waals surface area (Å²) in [5.41, 5.74) is -0.0520. The molecule has 0 bridgehead atoms. The summed E-state index contributed by atoms with van der Waals surface area (Å²) >= 11 is 0. The second-order valence-electron chi connectivity index (χ2n) is 6.89. The van der Waals surface area contributed by atoms with E-state index in [9.17, 15) is 9.59 Å². The minimum atomic E-state index is -1.09. The van der Waals surface area contributed by atoms with Crippen molar-refractivity contribution in [2.24, 2.45) is 0 Å². The molecule has 0 saturated carbocycles. The van der Waals surface area contributed by atoms with Crippen LogP contribution in [0.25, 0.3) is 0 Å². The van der Waals surface area contributed by atoms with Gasteiger partial charge in [-0.3, -0.25) is 9.48 Å². The maximum Gasteiger partial charge on any atom is 0.356 e. The number of nitrogens with one attached hydrogen (secondary N) is 1. The third-order valence-electron chi connectivity index (χ3n) is 4.26. The van der Waals surface area contributed by atoms with Crippen LogP contribution < -0.4 is 5.32 Å². The second-order valence-corrected chi connectivity index (χ2v) is 6.89. The standard InChI is InChI=1S/C19H34N4O3/c1-4-6-8-11-22(12-9-7-5-2)14-16(3)20-18(24)15-23-13-10-17(21-23)19(25)26/h10,13,16H,4-9,11-12,14-15H2,1-3H3,(H,20,24)(H,25,26). The molecule has 148 valence electrons. The van der Waals surface area contributed by atoms with Gasteiger partial charge in [-0.05, 0) is 38.9 Å². The number of carbonyl (C=O) groups excluding carboxylic acids is 1. The van der Waals surface area contributed by atoms with Gasteiger partial charge in [0.15, 0.2) is 5.69 Å². The molecule has 0 aliphatic rings. The maximum atomic E-state index is 12.2. The third-order valence-corrected chi connectivity index (χ3v) is 4.26. The summed E-state index contributed by atoms with van der Waals surface area (Å²) in [5.74, 6) is -1.24. The molecule has 1 heterocycles. The van der Waals surface area contributed by atoms with E-state index in [1.165, 1.54) is 55.5 Å². The second kappa shape index (κ2) is 12.5. The monoisotopic (exact) mass is 366 g/mol. The number of carboxylic acid groups (broad SMARTS) is 1. The lowest BCUT2D eigenvalue weighted by atomic mass is 10.2. The Hall–Kier alpha value is -1.89. The molecule has 0 aliphatic carbocycles. The molecule has 7 nitrogen and oxygen atoms in total. The molecule has 0 saturated heterocycles. The molecule has 7 heteroatoms. The number of amides is 1. The number of rotatable bonds is 14. The van der Waals surface area contributed by atoms with E-state index in [1.54, 1.807) is 0 Å². The first-order valence-electron chi connectivity index (χ1n) is 9.74. The molecule has 1 amide bonds. The quantitative estimate of drug-likeness (QED) is 0.494. The van der Waals surface area contributed by atoms with Crippen molar-refractivity contribution >= 4 is 11.9 Å². The van der Waals surface area contributed by atoms with Crippen LogP contribution in [0.5, 0.6) is 0 Å². The van der Waals surface area contributed by atoms with Gasteiger partial charge in [0.1, 0.15) is 6.54 Å². The predicted molar refractivity (Wildman–Crippen MR) is 102 cm³/mol. The average molecular weight is 367 g/mol. The highest BCUT2D eigenvalue weighted by Crippen LogP contribution is 2.04. The van der Waals surface area contributed by atoms with E-state index in [0.717, 1.165) is 19.6 Å². The number of carbonyl (C=O) groups is 2. The molecule has 26 heavy (non-hydrogen) atoms. The number of aromatic nitrogens is 2. The lowest BCUT2D eigenvalue weighted by molar-refractivity contribution is -0.122. The largest absolute Gasteiger partial charge is 0.476 e. The van der Waals surface area contributed by atoms with Gasteiger partial charge in [0.05, 0.1) is 0 Å². The fourth-order valence-electron chi connectivity index (χ4n) is 2.93. The fourth-order valence-corrected chi connectivity index (χ4v) is 2.93. The zero-order chi connectivity index (χ0) is 19.4. The van der Waals surface area contributed by atoms with Crippen LogP contribution in [0.15, 0.2) is 12.3 Å². The number of hydrogen-bond donors (Lipinski definition) is 2. The minimum absolute atomic E-state index is 0.0310. The van der Waals surface area contributed by atoms with Gasteiger partial charge >= 0.3 is 5.97 Å². The molecular formula is C19H34N4O3. The maximum absolute atomic E-state index is 12.2. The van der Waals surface area contributed by atoms with Crippen molar-refractivity contribution in [2.45, 2.75) is 71.9 Å². The number of carboxylic acids is 1. The van der Waals surface area contributed by atoms with Crippen LogP contribution >= 0.6 is 0 Å². The van der Waals surface area contributed by atoms with Crippen LogP contribution in [0.1, 0.15) is 69.8 Å². The zero-order valence-corrected chi connectivity index (χ0v) is 16.4. The molecular weight excluding hydrogens is 332 g/mol. The van der Waals surface area contributed by atoms with Gasteiger partial charge in [0.25, 0.3) is 0 Å². The molecule has 0 fully saturated rings. The molecule has 0 spiro atoms. The molecule has 0 radical (unpaired) electrons. The summed E-state index contributed by atoms with van der Waals surface area (Å²) in [6, 6.07) is 1.43. The molecule has 1 aromatic rings. The summed E-state index contributed by atoms with van der Waals surface area (Å²) in [5, 5.41) is 15.7. The summed E-state index contributed by atoms with van der Waals surface area (Å²) in [4.78, 5) is 25.4. The summed E-state index contributed by atoms with van der Waals surface area (Å²) in [7, 11) is 0. The molecule has 1 unspecified atom stereocenters. The van der Waals surface area contributed by atoms with Crippen molar-refractivity contribution in [1.82, 2.24) is 20.0 Å². The normalized spacial score (nSPS) is 12.3. The summed E-state index contributed by atoms with van der Waals surface area (Å²) < 4.78 is 1.35. The fraction of sp³-hybridized carbons (Fsp3) is 0.737. The van der Waals surface area contributed by atoms with E-state index >= 15 is 0 Å². The topological polar surface area (TPSA) is 87.5 Å². The Morgan fingerprint density at radius 3 is 2.31 bits per heavy atom. The first kappa shape index (κ1) is 22.2. The van der Waals surface area contributed by atoms with E-state index in [-0.39, 0.29) is 24.2 Å². The highest BCUT2D eigenvalue weighted by atomic mass is 16.4. The van der Waals surface area contributed by atoms with E-state index in [2.05, 4.69) is 29.2 Å². The van der Waals surface area contributed by atoms with E-state index in [0.29, 0.717) is 0 Å². The van der Waals surface area contributed by atoms with Gasteiger partial charge in [-0.2, -0.15) is 5.10 Å². The number of hydrogen-bond acceptors (Lipinski definition) is 4.